The van der Waals surface area contributed by atoms with Gasteiger partial charge in [-0.05, 0) is 47.5 Å². The summed E-state index contributed by atoms with van der Waals surface area (Å²) in [6.07, 6.45) is 3.21. The van der Waals surface area contributed by atoms with Gasteiger partial charge in [-0.25, -0.2) is 0 Å². The normalized spacial score (nSPS) is 19.8. The number of likely N-dealkylation sites (tertiary alicyclic amines) is 1. The summed E-state index contributed by atoms with van der Waals surface area (Å²) < 4.78 is 5.26. The molecule has 0 radical (unpaired) electrons. The van der Waals surface area contributed by atoms with Crippen molar-refractivity contribution in [2.45, 2.75) is 51.6 Å². The first-order chi connectivity index (χ1) is 16.5. The molecule has 2 atom stereocenters. The van der Waals surface area contributed by atoms with Crippen molar-refractivity contribution in [3.8, 4) is 5.75 Å². The predicted octanol–water partition coefficient (Wildman–Crippen LogP) is 3.54. The summed E-state index contributed by atoms with van der Waals surface area (Å²) in [5, 5.41) is 5.01. The fraction of sp³-hybridized carbons (Fsp3) is 0.500. The smallest absolute Gasteiger partial charge is 0.226 e. The number of ether oxygens (including phenoxy) is 1. The molecule has 1 aromatic heterocycles. The number of carbonyl (C=O) groups excluding carboxylic acids is 3. The summed E-state index contributed by atoms with van der Waals surface area (Å²) in [4.78, 5) is 43.8. The van der Waals surface area contributed by atoms with E-state index in [-0.39, 0.29) is 43.1 Å². The highest BCUT2D eigenvalue weighted by atomic mass is 32.1. The van der Waals surface area contributed by atoms with Gasteiger partial charge in [0.05, 0.1) is 19.1 Å². The molecule has 1 N–H and O–H groups in total. The van der Waals surface area contributed by atoms with E-state index in [1.165, 1.54) is 10.4 Å². The maximum Gasteiger partial charge on any atom is 0.226 e. The Morgan fingerprint density at radius 1 is 1.21 bits per heavy atom. The van der Waals surface area contributed by atoms with Gasteiger partial charge in [-0.1, -0.05) is 25.5 Å². The number of benzene rings is 1. The average Bonchev–Trinajstić information content (AvgIpc) is 3.46. The van der Waals surface area contributed by atoms with E-state index in [2.05, 4.69) is 23.7 Å². The number of nitrogens with zero attached hydrogens (tertiary/aromatic N) is 2. The van der Waals surface area contributed by atoms with Gasteiger partial charge in [0.1, 0.15) is 5.75 Å². The van der Waals surface area contributed by atoms with Crippen LogP contribution in [0.2, 0.25) is 0 Å². The summed E-state index contributed by atoms with van der Waals surface area (Å²) in [5.41, 5.74) is 2.16. The zero-order valence-corrected chi connectivity index (χ0v) is 20.7. The van der Waals surface area contributed by atoms with Crippen molar-refractivity contribution in [1.29, 1.82) is 0 Å². The number of thiophene rings is 1. The molecular formula is C26H33N3O4S. The largest absolute Gasteiger partial charge is 0.497 e. The number of methoxy groups -OCH3 is 1. The lowest BCUT2D eigenvalue weighted by atomic mass is 9.92. The highest BCUT2D eigenvalue weighted by Gasteiger charge is 2.44. The molecule has 0 aliphatic carbocycles. The van der Waals surface area contributed by atoms with Crippen molar-refractivity contribution in [3.63, 3.8) is 0 Å². The van der Waals surface area contributed by atoms with Gasteiger partial charge in [0.2, 0.25) is 17.7 Å². The molecule has 4 rings (SSSR count). The molecule has 0 spiro atoms. The zero-order valence-electron chi connectivity index (χ0n) is 19.9. The van der Waals surface area contributed by atoms with Crippen molar-refractivity contribution in [3.05, 3.63) is 51.7 Å². The van der Waals surface area contributed by atoms with E-state index in [1.54, 1.807) is 18.4 Å². The van der Waals surface area contributed by atoms with Crippen molar-refractivity contribution >= 4 is 29.1 Å². The number of hydrogen-bond acceptors (Lipinski definition) is 5. The van der Waals surface area contributed by atoms with E-state index >= 15 is 0 Å². The van der Waals surface area contributed by atoms with Crippen LogP contribution in [0.3, 0.4) is 0 Å². The minimum Gasteiger partial charge on any atom is -0.497 e. The summed E-state index contributed by atoms with van der Waals surface area (Å²) in [6, 6.07) is 9.37. The molecule has 2 aliphatic rings. The van der Waals surface area contributed by atoms with E-state index in [1.807, 2.05) is 34.1 Å². The number of nitrogens with one attached hydrogen (secondary N) is 1. The third-order valence-electron chi connectivity index (χ3n) is 6.78. The molecule has 2 aromatic rings. The lowest BCUT2D eigenvalue weighted by Gasteiger charge is -2.29. The summed E-state index contributed by atoms with van der Waals surface area (Å²) in [6.45, 7) is 4.37. The maximum atomic E-state index is 13.2. The van der Waals surface area contributed by atoms with Crippen molar-refractivity contribution in [2.24, 2.45) is 5.92 Å². The van der Waals surface area contributed by atoms with Gasteiger partial charge in [0.25, 0.3) is 0 Å². The highest BCUT2D eigenvalue weighted by molar-refractivity contribution is 7.10. The second-order valence-electron chi connectivity index (χ2n) is 8.94. The van der Waals surface area contributed by atoms with Crippen LogP contribution in [0.5, 0.6) is 5.75 Å². The maximum absolute atomic E-state index is 13.2. The molecule has 1 fully saturated rings. The van der Waals surface area contributed by atoms with E-state index in [4.69, 9.17) is 4.74 Å². The first kappa shape index (κ1) is 24.3. The standard InChI is InChI=1S/C26H33N3O4S/c1-3-4-13-29-24(31)16-21(25(29)18-5-7-20(33-2)8-6-18)26(32)27-12-9-23(30)28-14-10-22-19(17-28)11-15-34-22/h5-8,11,15,21,25H,3-4,9-10,12-14,16-17H2,1-2H3,(H,27,32). The lowest BCUT2D eigenvalue weighted by molar-refractivity contribution is -0.132. The third-order valence-corrected chi connectivity index (χ3v) is 7.80. The second kappa shape index (κ2) is 11.0. The van der Waals surface area contributed by atoms with E-state index in [0.29, 0.717) is 13.1 Å². The van der Waals surface area contributed by atoms with E-state index in [9.17, 15) is 14.4 Å². The topological polar surface area (TPSA) is 79.0 Å². The SMILES string of the molecule is CCCCN1C(=O)CC(C(=O)NCCC(=O)N2CCc3sccc3C2)C1c1ccc(OC)cc1. The predicted molar refractivity (Wildman–Crippen MR) is 132 cm³/mol. The van der Waals surface area contributed by atoms with Crippen LogP contribution < -0.4 is 10.1 Å². The molecule has 34 heavy (non-hydrogen) atoms. The third kappa shape index (κ3) is 5.27. The fourth-order valence-corrected chi connectivity index (χ4v) is 5.76. The van der Waals surface area contributed by atoms with Gasteiger partial charge in [-0.2, -0.15) is 0 Å². The second-order valence-corrected chi connectivity index (χ2v) is 9.95. The average molecular weight is 484 g/mol. The van der Waals surface area contributed by atoms with Crippen LogP contribution in [0.1, 0.15) is 54.7 Å². The monoisotopic (exact) mass is 483 g/mol. The van der Waals surface area contributed by atoms with E-state index in [0.717, 1.165) is 37.1 Å². The molecule has 0 saturated carbocycles. The van der Waals surface area contributed by atoms with Crippen LogP contribution in [0, 0.1) is 5.92 Å². The number of unbranched alkanes of at least 4 members (excludes halogenated alkanes) is 1. The van der Waals surface area contributed by atoms with Crippen LogP contribution in [0.15, 0.2) is 35.7 Å². The molecule has 1 aromatic carbocycles. The zero-order chi connectivity index (χ0) is 24.1. The molecule has 3 heterocycles. The van der Waals surface area contributed by atoms with Crippen LogP contribution in [-0.4, -0.2) is 54.3 Å². The Morgan fingerprint density at radius 2 is 2.00 bits per heavy atom. The van der Waals surface area contributed by atoms with Crippen molar-refractivity contribution < 1.29 is 19.1 Å². The molecule has 3 amide bonds. The molecule has 1 saturated heterocycles. The number of fused-ring (bicyclic) bond motifs is 1. The first-order valence-corrected chi connectivity index (χ1v) is 12.9. The Balaban J connectivity index is 1.38. The molecule has 0 bridgehead atoms. The number of hydrogen-bond donors (Lipinski definition) is 1. The quantitative estimate of drug-likeness (QED) is 0.592. The minimum absolute atomic E-state index is 0.00498. The molecular weight excluding hydrogens is 450 g/mol. The molecule has 182 valence electrons. The van der Waals surface area contributed by atoms with Crippen molar-refractivity contribution in [2.75, 3.05) is 26.7 Å². The lowest BCUT2D eigenvalue weighted by Crippen LogP contribution is -2.39. The Bertz CT molecular complexity index is 1020. The fourth-order valence-electron chi connectivity index (χ4n) is 4.87. The number of amides is 3. The molecule has 7 nitrogen and oxygen atoms in total. The van der Waals surface area contributed by atoms with Gasteiger partial charge in [-0.3, -0.25) is 14.4 Å². The Kier molecular flexibility index (Phi) is 7.88. The Hall–Kier alpha value is -2.87. The van der Waals surface area contributed by atoms with E-state index < -0.39 is 5.92 Å². The first-order valence-electron chi connectivity index (χ1n) is 12.1. The summed E-state index contributed by atoms with van der Waals surface area (Å²) >= 11 is 1.75. The summed E-state index contributed by atoms with van der Waals surface area (Å²) in [5.74, 6) is 0.150. The van der Waals surface area contributed by atoms with Crippen LogP contribution in [0.25, 0.3) is 0 Å². The molecule has 2 unspecified atom stereocenters. The van der Waals surface area contributed by atoms with Gasteiger partial charge < -0.3 is 19.9 Å². The highest BCUT2D eigenvalue weighted by Crippen LogP contribution is 2.39. The molecule has 8 heteroatoms. The summed E-state index contributed by atoms with van der Waals surface area (Å²) in [7, 11) is 1.61. The minimum atomic E-state index is -0.476. The van der Waals surface area contributed by atoms with Gasteiger partial charge in [-0.15, -0.1) is 11.3 Å². The van der Waals surface area contributed by atoms with Gasteiger partial charge >= 0.3 is 0 Å². The number of rotatable bonds is 9. The Labute approximate surface area is 205 Å². The molecule has 2 aliphatic heterocycles. The van der Waals surface area contributed by atoms with Crippen molar-refractivity contribution in [1.82, 2.24) is 15.1 Å². The number of carbonyl (C=O) groups is 3. The Morgan fingerprint density at radius 3 is 2.74 bits per heavy atom. The van der Waals surface area contributed by atoms with Crippen LogP contribution >= 0.6 is 11.3 Å². The van der Waals surface area contributed by atoms with Crippen LogP contribution in [0.4, 0.5) is 0 Å². The van der Waals surface area contributed by atoms with Gasteiger partial charge in [0.15, 0.2) is 0 Å². The van der Waals surface area contributed by atoms with Gasteiger partial charge in [0, 0.05) is 43.9 Å². The van der Waals surface area contributed by atoms with Crippen LogP contribution in [-0.2, 0) is 27.3 Å².